The number of nitrogens with zero attached hydrogens (tertiary/aromatic N) is 2. The Hall–Kier alpha value is -1.48. The normalized spacial score (nSPS) is 28.1. The Bertz CT molecular complexity index is 616. The zero-order valence-electron chi connectivity index (χ0n) is 11.3. The number of nitrogen functional groups attached to an aromatic ring is 1. The van der Waals surface area contributed by atoms with Crippen LogP contribution < -0.4 is 5.73 Å². The Balaban J connectivity index is 1.76. The van der Waals surface area contributed by atoms with Gasteiger partial charge in [-0.05, 0) is 48.6 Å². The van der Waals surface area contributed by atoms with Crippen molar-refractivity contribution in [1.82, 2.24) is 9.78 Å². The molecule has 0 radical (unpaired) electrons. The molecule has 0 spiro atoms. The quantitative estimate of drug-likeness (QED) is 0.872. The molecule has 2 bridgehead atoms. The smallest absolute Gasteiger partial charge is 0.140 e. The number of halogens is 1. The molecule has 3 nitrogen and oxygen atoms in total. The Morgan fingerprint density at radius 3 is 2.20 bits per heavy atom. The Kier molecular flexibility index (Phi) is 2.77. The molecule has 2 unspecified atom stereocenters. The number of hydrogen-bond donors (Lipinski definition) is 1. The summed E-state index contributed by atoms with van der Waals surface area (Å²) >= 11 is 6.09. The van der Waals surface area contributed by atoms with Crippen LogP contribution in [0.15, 0.2) is 30.5 Å². The van der Waals surface area contributed by atoms with E-state index in [1.54, 1.807) is 6.20 Å². The number of anilines is 1. The molecule has 0 amide bonds. The molecule has 4 heteroatoms. The SMILES string of the molecule is Nc1c(Cl)cnn1C1C2CCC1Cc1ccccc1C2. The molecule has 2 aromatic rings. The van der Waals surface area contributed by atoms with Crippen molar-refractivity contribution in [2.24, 2.45) is 11.8 Å². The number of benzene rings is 1. The van der Waals surface area contributed by atoms with E-state index in [1.807, 2.05) is 4.68 Å². The third-order valence-corrected chi connectivity index (χ3v) is 5.32. The first-order chi connectivity index (χ1) is 9.74. The highest BCUT2D eigenvalue weighted by molar-refractivity contribution is 6.32. The second-order valence-electron chi connectivity index (χ2n) is 6.09. The Morgan fingerprint density at radius 2 is 1.70 bits per heavy atom. The van der Waals surface area contributed by atoms with Crippen LogP contribution in [-0.4, -0.2) is 9.78 Å². The van der Waals surface area contributed by atoms with Crippen molar-refractivity contribution >= 4 is 17.4 Å². The highest BCUT2D eigenvalue weighted by Gasteiger charge is 2.41. The van der Waals surface area contributed by atoms with E-state index < -0.39 is 0 Å². The molecule has 1 saturated carbocycles. The van der Waals surface area contributed by atoms with Gasteiger partial charge in [-0.15, -0.1) is 0 Å². The summed E-state index contributed by atoms with van der Waals surface area (Å²) in [6.45, 7) is 0. The van der Waals surface area contributed by atoms with Crippen LogP contribution in [0.5, 0.6) is 0 Å². The lowest BCUT2D eigenvalue weighted by Gasteiger charge is -2.23. The van der Waals surface area contributed by atoms with Crippen molar-refractivity contribution in [3.63, 3.8) is 0 Å². The Morgan fingerprint density at radius 1 is 1.10 bits per heavy atom. The largest absolute Gasteiger partial charge is 0.383 e. The molecule has 1 fully saturated rings. The predicted octanol–water partition coefficient (Wildman–Crippen LogP) is 3.48. The van der Waals surface area contributed by atoms with Gasteiger partial charge in [-0.2, -0.15) is 5.10 Å². The number of hydrogen-bond acceptors (Lipinski definition) is 2. The first kappa shape index (κ1) is 12.3. The van der Waals surface area contributed by atoms with Gasteiger partial charge in [-0.25, -0.2) is 4.68 Å². The summed E-state index contributed by atoms with van der Waals surface area (Å²) in [5.74, 6) is 1.88. The zero-order valence-corrected chi connectivity index (χ0v) is 12.1. The lowest BCUT2D eigenvalue weighted by molar-refractivity contribution is 0.295. The average molecular weight is 288 g/mol. The van der Waals surface area contributed by atoms with Gasteiger partial charge in [0.15, 0.2) is 0 Å². The number of fused-ring (bicyclic) bond motifs is 3. The third-order valence-electron chi connectivity index (χ3n) is 5.03. The summed E-state index contributed by atoms with van der Waals surface area (Å²) in [5, 5.41) is 5.02. The fourth-order valence-electron chi connectivity index (χ4n) is 4.11. The highest BCUT2D eigenvalue weighted by atomic mass is 35.5. The van der Waals surface area contributed by atoms with E-state index in [2.05, 4.69) is 29.4 Å². The minimum absolute atomic E-state index is 0.398. The predicted molar refractivity (Wildman–Crippen MR) is 80.8 cm³/mol. The molecule has 1 aromatic heterocycles. The molecular formula is C16H18ClN3. The van der Waals surface area contributed by atoms with Gasteiger partial charge in [0.25, 0.3) is 0 Å². The van der Waals surface area contributed by atoms with Crippen LogP contribution in [0.1, 0.15) is 30.0 Å². The van der Waals surface area contributed by atoms with Gasteiger partial charge in [0.1, 0.15) is 10.8 Å². The molecule has 20 heavy (non-hydrogen) atoms. The summed E-state index contributed by atoms with van der Waals surface area (Å²) in [4.78, 5) is 0. The molecular weight excluding hydrogens is 270 g/mol. The van der Waals surface area contributed by atoms with E-state index in [9.17, 15) is 0 Å². The maximum absolute atomic E-state index is 6.11. The van der Waals surface area contributed by atoms with Crippen LogP contribution in [0, 0.1) is 11.8 Å². The molecule has 0 aliphatic heterocycles. The second kappa shape index (κ2) is 4.52. The average Bonchev–Trinajstić information content (AvgIpc) is 2.91. The number of rotatable bonds is 1. The summed E-state index contributed by atoms with van der Waals surface area (Å²) in [7, 11) is 0. The minimum atomic E-state index is 0.398. The Labute approximate surface area is 123 Å². The van der Waals surface area contributed by atoms with Gasteiger partial charge in [-0.1, -0.05) is 35.9 Å². The third kappa shape index (κ3) is 1.76. The number of nitrogens with two attached hydrogens (primary N) is 1. The van der Waals surface area contributed by atoms with Crippen molar-refractivity contribution < 1.29 is 0 Å². The second-order valence-corrected chi connectivity index (χ2v) is 6.49. The van der Waals surface area contributed by atoms with E-state index in [0.29, 0.717) is 28.7 Å². The minimum Gasteiger partial charge on any atom is -0.383 e. The fourth-order valence-corrected chi connectivity index (χ4v) is 4.24. The molecule has 2 aliphatic rings. The summed E-state index contributed by atoms with van der Waals surface area (Å²) in [5.41, 5.74) is 9.11. The van der Waals surface area contributed by atoms with Crippen LogP contribution in [-0.2, 0) is 12.8 Å². The summed E-state index contributed by atoms with van der Waals surface area (Å²) in [6, 6.07) is 9.23. The van der Waals surface area contributed by atoms with Crippen LogP contribution in [0.25, 0.3) is 0 Å². The molecule has 4 rings (SSSR count). The van der Waals surface area contributed by atoms with Gasteiger partial charge in [-0.3, -0.25) is 0 Å². The maximum atomic E-state index is 6.11. The fraction of sp³-hybridized carbons (Fsp3) is 0.438. The van der Waals surface area contributed by atoms with Gasteiger partial charge in [0, 0.05) is 0 Å². The molecule has 2 N–H and O–H groups in total. The van der Waals surface area contributed by atoms with Crippen molar-refractivity contribution in [3.8, 4) is 0 Å². The van der Waals surface area contributed by atoms with E-state index in [4.69, 9.17) is 17.3 Å². The van der Waals surface area contributed by atoms with Crippen LogP contribution in [0.3, 0.4) is 0 Å². The van der Waals surface area contributed by atoms with Crippen LogP contribution >= 0.6 is 11.6 Å². The van der Waals surface area contributed by atoms with E-state index in [0.717, 1.165) is 12.8 Å². The van der Waals surface area contributed by atoms with Gasteiger partial charge in [0.2, 0.25) is 0 Å². The molecule has 2 atom stereocenters. The monoisotopic (exact) mass is 287 g/mol. The first-order valence-corrected chi connectivity index (χ1v) is 7.67. The highest BCUT2D eigenvalue weighted by Crippen LogP contribution is 2.48. The standard InChI is InChI=1S/C16H18ClN3/c17-14-9-19-20(16(14)18)15-12-5-6-13(15)8-11-4-2-1-3-10(11)7-12/h1-4,9,12-13,15H,5-8,18H2. The zero-order chi connectivity index (χ0) is 13.7. The molecule has 2 aliphatic carbocycles. The van der Waals surface area contributed by atoms with Crippen LogP contribution in [0.4, 0.5) is 5.82 Å². The van der Waals surface area contributed by atoms with E-state index in [1.165, 1.54) is 24.0 Å². The lowest BCUT2D eigenvalue weighted by atomic mass is 9.94. The number of aromatic nitrogens is 2. The van der Waals surface area contributed by atoms with E-state index in [-0.39, 0.29) is 0 Å². The van der Waals surface area contributed by atoms with Crippen molar-refractivity contribution in [3.05, 3.63) is 46.6 Å². The van der Waals surface area contributed by atoms with Crippen molar-refractivity contribution in [1.29, 1.82) is 0 Å². The van der Waals surface area contributed by atoms with Crippen LogP contribution in [0.2, 0.25) is 5.02 Å². The molecule has 0 saturated heterocycles. The molecule has 1 aromatic carbocycles. The lowest BCUT2D eigenvalue weighted by Crippen LogP contribution is -2.23. The first-order valence-electron chi connectivity index (χ1n) is 7.29. The topological polar surface area (TPSA) is 43.8 Å². The van der Waals surface area contributed by atoms with Crippen molar-refractivity contribution in [2.75, 3.05) is 5.73 Å². The summed E-state index contributed by atoms with van der Waals surface area (Å²) in [6.07, 6.45) is 6.47. The summed E-state index contributed by atoms with van der Waals surface area (Å²) < 4.78 is 1.98. The van der Waals surface area contributed by atoms with E-state index >= 15 is 0 Å². The maximum Gasteiger partial charge on any atom is 0.140 e. The van der Waals surface area contributed by atoms with Gasteiger partial charge >= 0.3 is 0 Å². The van der Waals surface area contributed by atoms with Gasteiger partial charge < -0.3 is 5.73 Å². The molecule has 1 heterocycles. The van der Waals surface area contributed by atoms with Crippen molar-refractivity contribution in [2.45, 2.75) is 31.7 Å². The van der Waals surface area contributed by atoms with Gasteiger partial charge in [0.05, 0.1) is 12.2 Å². The molecule has 104 valence electrons.